The van der Waals surface area contributed by atoms with Gasteiger partial charge in [-0.2, -0.15) is 0 Å². The van der Waals surface area contributed by atoms with Crippen LogP contribution in [0, 0.1) is 6.92 Å². The molecule has 3 aromatic heterocycles. The molecule has 0 atom stereocenters. The lowest BCUT2D eigenvalue weighted by Crippen LogP contribution is -2.29. The number of aromatic nitrogens is 4. The second-order valence-corrected chi connectivity index (χ2v) is 7.88. The minimum absolute atomic E-state index is 0.0808. The molecule has 0 bridgehead atoms. The van der Waals surface area contributed by atoms with Gasteiger partial charge in [0.05, 0.1) is 0 Å². The molecule has 4 aromatic rings. The zero-order chi connectivity index (χ0) is 21.9. The number of aryl methyl sites for hydroxylation is 1. The molecular weight excluding hydrogens is 400 g/mol. The summed E-state index contributed by atoms with van der Waals surface area (Å²) in [6, 6.07) is 13.8. The molecule has 1 aliphatic rings. The van der Waals surface area contributed by atoms with E-state index in [9.17, 15) is 4.79 Å². The molecule has 1 amide bonds. The van der Waals surface area contributed by atoms with E-state index in [1.54, 1.807) is 12.4 Å². The van der Waals surface area contributed by atoms with Gasteiger partial charge in [-0.25, -0.2) is 15.0 Å². The number of hydrogen-bond donors (Lipinski definition) is 1. The van der Waals surface area contributed by atoms with Crippen LogP contribution in [-0.2, 0) is 6.54 Å². The normalized spacial score (nSPS) is 13.8. The van der Waals surface area contributed by atoms with Crippen LogP contribution >= 0.6 is 0 Å². The number of nitrogens with zero attached hydrogens (tertiary/aromatic N) is 5. The topological polar surface area (TPSA) is 75.4 Å². The van der Waals surface area contributed by atoms with Gasteiger partial charge in [-0.15, -0.1) is 0 Å². The molecule has 7 nitrogen and oxygen atoms in total. The van der Waals surface area contributed by atoms with Crippen molar-refractivity contribution < 1.29 is 4.79 Å². The van der Waals surface area contributed by atoms with Gasteiger partial charge in [-0.05, 0) is 60.4 Å². The molecule has 0 saturated heterocycles. The summed E-state index contributed by atoms with van der Waals surface area (Å²) >= 11 is 0. The Morgan fingerprint density at radius 1 is 1.06 bits per heavy atom. The number of rotatable bonds is 5. The molecule has 5 rings (SSSR count). The molecule has 0 aliphatic carbocycles. The minimum atomic E-state index is -0.0808. The fourth-order valence-corrected chi connectivity index (χ4v) is 3.94. The number of pyridine rings is 1. The molecule has 0 fully saturated rings. The number of anilines is 1. The third kappa shape index (κ3) is 4.23. The molecule has 1 N–H and O–H groups in total. The lowest BCUT2D eigenvalue weighted by molar-refractivity contribution is 0.0951. The first kappa shape index (κ1) is 19.9. The van der Waals surface area contributed by atoms with E-state index in [1.807, 2.05) is 66.2 Å². The summed E-state index contributed by atoms with van der Waals surface area (Å²) in [5.74, 6) is 1.67. The number of imidazole rings is 1. The first-order valence-corrected chi connectivity index (χ1v) is 10.7. The van der Waals surface area contributed by atoms with Crippen LogP contribution in [0.1, 0.15) is 33.7 Å². The summed E-state index contributed by atoms with van der Waals surface area (Å²) in [5.41, 5.74) is 5.00. The van der Waals surface area contributed by atoms with Crippen molar-refractivity contribution in [1.82, 2.24) is 24.7 Å². The Morgan fingerprint density at radius 2 is 1.94 bits per heavy atom. The zero-order valence-electron chi connectivity index (χ0n) is 17.9. The van der Waals surface area contributed by atoms with Gasteiger partial charge in [0.2, 0.25) is 0 Å². The molecule has 160 valence electrons. The summed E-state index contributed by atoms with van der Waals surface area (Å²) in [7, 11) is 0. The molecular formula is C25H24N6O. The van der Waals surface area contributed by atoms with Crippen LogP contribution in [-0.4, -0.2) is 38.3 Å². The monoisotopic (exact) mass is 424 g/mol. The number of fused-ring (bicyclic) bond motifs is 1. The van der Waals surface area contributed by atoms with Crippen LogP contribution in [0.5, 0.6) is 0 Å². The molecule has 0 saturated carbocycles. The fourth-order valence-electron chi connectivity index (χ4n) is 3.94. The van der Waals surface area contributed by atoms with Gasteiger partial charge in [0.1, 0.15) is 17.3 Å². The van der Waals surface area contributed by atoms with Crippen molar-refractivity contribution >= 4 is 22.9 Å². The Morgan fingerprint density at radius 3 is 2.72 bits per heavy atom. The Hall–Kier alpha value is -4.00. The largest absolute Gasteiger partial charge is 0.352 e. The highest BCUT2D eigenvalue weighted by Crippen LogP contribution is 2.25. The van der Waals surface area contributed by atoms with Crippen LogP contribution in [0.3, 0.4) is 0 Å². The van der Waals surface area contributed by atoms with Gasteiger partial charge in [-0.3, -0.25) is 4.79 Å². The van der Waals surface area contributed by atoms with Crippen LogP contribution in [0.4, 0.5) is 5.82 Å². The van der Waals surface area contributed by atoms with Gasteiger partial charge in [0.25, 0.3) is 5.91 Å². The predicted molar refractivity (Wildman–Crippen MR) is 124 cm³/mol. The third-order valence-corrected chi connectivity index (χ3v) is 5.73. The molecule has 0 unspecified atom stereocenters. The summed E-state index contributed by atoms with van der Waals surface area (Å²) in [6.07, 6.45) is 10.6. The number of nitrogens with one attached hydrogen (secondary N) is 1. The first-order chi connectivity index (χ1) is 15.7. The zero-order valence-corrected chi connectivity index (χ0v) is 17.9. The van der Waals surface area contributed by atoms with Crippen molar-refractivity contribution in [2.24, 2.45) is 0 Å². The fraction of sp³-hybridized carbons (Fsp3) is 0.200. The van der Waals surface area contributed by atoms with Gasteiger partial charge < -0.3 is 14.6 Å². The van der Waals surface area contributed by atoms with E-state index in [0.717, 1.165) is 47.9 Å². The lowest BCUT2D eigenvalue weighted by atomic mass is 9.98. The van der Waals surface area contributed by atoms with E-state index >= 15 is 0 Å². The van der Waals surface area contributed by atoms with Crippen molar-refractivity contribution in [2.75, 3.05) is 18.0 Å². The van der Waals surface area contributed by atoms with Crippen molar-refractivity contribution in [3.05, 3.63) is 95.8 Å². The molecule has 32 heavy (non-hydrogen) atoms. The number of hydrogen-bond acceptors (Lipinski definition) is 5. The van der Waals surface area contributed by atoms with E-state index in [-0.39, 0.29) is 5.91 Å². The molecule has 4 heterocycles. The maximum Gasteiger partial charge on any atom is 0.251 e. The maximum atomic E-state index is 12.6. The van der Waals surface area contributed by atoms with E-state index in [4.69, 9.17) is 0 Å². The molecule has 7 heteroatoms. The van der Waals surface area contributed by atoms with E-state index < -0.39 is 0 Å². The van der Waals surface area contributed by atoms with Gasteiger partial charge >= 0.3 is 0 Å². The third-order valence-electron chi connectivity index (χ3n) is 5.73. The van der Waals surface area contributed by atoms with E-state index in [2.05, 4.69) is 31.2 Å². The maximum absolute atomic E-state index is 12.6. The van der Waals surface area contributed by atoms with Gasteiger partial charge in [0, 0.05) is 50.0 Å². The lowest BCUT2D eigenvalue weighted by Gasteiger charge is -2.27. The van der Waals surface area contributed by atoms with Crippen molar-refractivity contribution in [3.63, 3.8) is 0 Å². The van der Waals surface area contributed by atoms with Crippen LogP contribution < -0.4 is 10.2 Å². The summed E-state index contributed by atoms with van der Waals surface area (Å²) < 4.78 is 1.94. The summed E-state index contributed by atoms with van der Waals surface area (Å²) in [6.45, 7) is 4.10. The van der Waals surface area contributed by atoms with E-state index in [1.165, 1.54) is 5.57 Å². The quantitative estimate of drug-likeness (QED) is 0.529. The number of amides is 1. The van der Waals surface area contributed by atoms with Gasteiger partial charge in [0.15, 0.2) is 0 Å². The smallest absolute Gasteiger partial charge is 0.251 e. The molecule has 0 spiro atoms. The van der Waals surface area contributed by atoms with E-state index in [0.29, 0.717) is 12.1 Å². The summed E-state index contributed by atoms with van der Waals surface area (Å²) in [5, 5.41) is 2.99. The Balaban J connectivity index is 1.20. The SMILES string of the molecule is Cc1nccc(N2CC=C(c3ccc(C(=O)NCc4ccn5ccnc5c4)cc3)CC2)n1. The number of carbonyl (C=O) groups excluding carboxylic acids is 1. The highest BCUT2D eigenvalue weighted by Gasteiger charge is 2.15. The van der Waals surface area contributed by atoms with Crippen molar-refractivity contribution in [3.8, 4) is 0 Å². The summed E-state index contributed by atoms with van der Waals surface area (Å²) in [4.78, 5) is 27.8. The number of carbonyl (C=O) groups is 1. The Bertz CT molecular complexity index is 1290. The average molecular weight is 425 g/mol. The van der Waals surface area contributed by atoms with Gasteiger partial charge in [-0.1, -0.05) is 18.2 Å². The van der Waals surface area contributed by atoms with Crippen molar-refractivity contribution in [1.29, 1.82) is 0 Å². The standard InChI is InChI=1S/C25H24N6O/c1-18-26-10-6-23(29-18)30-13-8-21(9-14-30)20-2-4-22(5-3-20)25(32)28-17-19-7-12-31-15-11-27-24(31)16-19/h2-8,10-12,15-16H,9,13-14,17H2,1H3,(H,28,32). The minimum Gasteiger partial charge on any atom is -0.352 e. The predicted octanol–water partition coefficient (Wildman–Crippen LogP) is 3.66. The second-order valence-electron chi connectivity index (χ2n) is 7.88. The molecule has 1 aliphatic heterocycles. The Labute approximate surface area is 186 Å². The molecule has 1 aromatic carbocycles. The second kappa shape index (κ2) is 8.63. The van der Waals surface area contributed by atoms with Crippen LogP contribution in [0.2, 0.25) is 0 Å². The van der Waals surface area contributed by atoms with Crippen LogP contribution in [0.25, 0.3) is 11.2 Å². The highest BCUT2D eigenvalue weighted by molar-refractivity contribution is 5.94. The average Bonchev–Trinajstić information content (AvgIpc) is 3.31. The van der Waals surface area contributed by atoms with Crippen LogP contribution in [0.15, 0.2) is 73.3 Å². The number of benzene rings is 1. The van der Waals surface area contributed by atoms with Crippen molar-refractivity contribution in [2.45, 2.75) is 19.9 Å². The molecule has 0 radical (unpaired) electrons. The highest BCUT2D eigenvalue weighted by atomic mass is 16.1. The first-order valence-electron chi connectivity index (χ1n) is 10.7. The Kier molecular flexibility index (Phi) is 5.37.